The summed E-state index contributed by atoms with van der Waals surface area (Å²) < 4.78 is 15.5. The number of halogens is 1. The van der Waals surface area contributed by atoms with Crippen molar-refractivity contribution in [3.8, 4) is 11.5 Å². The number of piperidine rings is 1. The summed E-state index contributed by atoms with van der Waals surface area (Å²) in [6, 6.07) is 5.91. The third-order valence-corrected chi connectivity index (χ3v) is 4.43. The number of guanidine groups is 1. The molecule has 1 aromatic rings. The van der Waals surface area contributed by atoms with Gasteiger partial charge in [-0.3, -0.25) is 9.79 Å². The number of carbonyl (C=O) groups excluding carboxylic acids is 1. The van der Waals surface area contributed by atoms with Crippen LogP contribution in [0.4, 0.5) is 0 Å². The molecule has 0 aromatic heterocycles. The number of fused-ring (bicyclic) bond motifs is 1. The maximum Gasteiger partial charge on any atom is 0.308 e. The highest BCUT2D eigenvalue weighted by atomic mass is 127. The lowest BCUT2D eigenvalue weighted by atomic mass is 9.97. The van der Waals surface area contributed by atoms with Gasteiger partial charge in [-0.25, -0.2) is 0 Å². The van der Waals surface area contributed by atoms with Gasteiger partial charge in [0.05, 0.1) is 13.0 Å². The van der Waals surface area contributed by atoms with E-state index >= 15 is 0 Å². The van der Waals surface area contributed by atoms with Crippen LogP contribution < -0.4 is 14.8 Å². The van der Waals surface area contributed by atoms with E-state index in [1.165, 1.54) is 7.11 Å². The molecule has 0 amide bonds. The fourth-order valence-electron chi connectivity index (χ4n) is 3.06. The Labute approximate surface area is 164 Å². The number of esters is 1. The minimum Gasteiger partial charge on any atom is -0.469 e. The van der Waals surface area contributed by atoms with Gasteiger partial charge >= 0.3 is 5.97 Å². The van der Waals surface area contributed by atoms with Crippen LogP contribution in [0, 0.1) is 5.92 Å². The van der Waals surface area contributed by atoms with Crippen LogP contribution in [0.3, 0.4) is 0 Å². The number of hydrogen-bond acceptors (Lipinski definition) is 5. The molecule has 1 aromatic carbocycles. The molecule has 0 radical (unpaired) electrons. The molecular formula is C17H24IN3O4. The predicted octanol–water partition coefficient (Wildman–Crippen LogP) is 1.99. The summed E-state index contributed by atoms with van der Waals surface area (Å²) in [4.78, 5) is 18.1. The van der Waals surface area contributed by atoms with Crippen molar-refractivity contribution in [2.75, 3.05) is 34.0 Å². The Kier molecular flexibility index (Phi) is 7.15. The second kappa shape index (κ2) is 9.12. The Morgan fingerprint density at radius 2 is 2.04 bits per heavy atom. The fraction of sp³-hybridized carbons (Fsp3) is 0.529. The lowest BCUT2D eigenvalue weighted by molar-refractivity contribution is -0.146. The number of rotatable bonds is 3. The average Bonchev–Trinajstić information content (AvgIpc) is 3.10. The predicted molar refractivity (Wildman–Crippen MR) is 104 cm³/mol. The van der Waals surface area contributed by atoms with Gasteiger partial charge in [0.1, 0.15) is 0 Å². The van der Waals surface area contributed by atoms with E-state index in [4.69, 9.17) is 14.2 Å². The van der Waals surface area contributed by atoms with Crippen molar-refractivity contribution in [1.82, 2.24) is 10.2 Å². The molecule has 0 saturated carbocycles. The molecule has 0 atom stereocenters. The van der Waals surface area contributed by atoms with E-state index < -0.39 is 0 Å². The molecule has 3 rings (SSSR count). The minimum absolute atomic E-state index is 0. The molecule has 7 nitrogen and oxygen atoms in total. The lowest BCUT2D eigenvalue weighted by Gasteiger charge is -2.33. The van der Waals surface area contributed by atoms with Crippen LogP contribution in [0.2, 0.25) is 0 Å². The number of aliphatic imine (C=N–C) groups is 1. The third-order valence-electron chi connectivity index (χ3n) is 4.43. The van der Waals surface area contributed by atoms with Gasteiger partial charge in [0.25, 0.3) is 0 Å². The fourth-order valence-corrected chi connectivity index (χ4v) is 3.06. The third kappa shape index (κ3) is 4.68. The van der Waals surface area contributed by atoms with Crippen LogP contribution in [0.15, 0.2) is 23.2 Å². The van der Waals surface area contributed by atoms with Crippen LogP contribution in [-0.2, 0) is 16.1 Å². The van der Waals surface area contributed by atoms with Gasteiger partial charge in [0, 0.05) is 26.7 Å². The highest BCUT2D eigenvalue weighted by molar-refractivity contribution is 14.0. The van der Waals surface area contributed by atoms with Crippen LogP contribution in [0.1, 0.15) is 18.4 Å². The lowest BCUT2D eigenvalue weighted by Crippen LogP contribution is -2.46. The highest BCUT2D eigenvalue weighted by Gasteiger charge is 2.27. The normalized spacial score (nSPS) is 17.0. The van der Waals surface area contributed by atoms with Crippen LogP contribution in [0.25, 0.3) is 0 Å². The molecular weight excluding hydrogens is 437 g/mol. The molecule has 2 aliphatic rings. The summed E-state index contributed by atoms with van der Waals surface area (Å²) in [6.07, 6.45) is 1.58. The van der Waals surface area contributed by atoms with E-state index in [1.54, 1.807) is 7.05 Å². The molecule has 0 bridgehead atoms. The zero-order valence-electron chi connectivity index (χ0n) is 14.5. The van der Waals surface area contributed by atoms with Gasteiger partial charge in [-0.1, -0.05) is 6.07 Å². The second-order valence-corrected chi connectivity index (χ2v) is 5.87. The van der Waals surface area contributed by atoms with Gasteiger partial charge in [-0.2, -0.15) is 0 Å². The Hall–Kier alpha value is -1.71. The Balaban J connectivity index is 0.00000225. The number of nitrogens with one attached hydrogen (secondary N) is 1. The van der Waals surface area contributed by atoms with Crippen molar-refractivity contribution < 1.29 is 19.0 Å². The van der Waals surface area contributed by atoms with Crippen molar-refractivity contribution in [3.63, 3.8) is 0 Å². The molecule has 25 heavy (non-hydrogen) atoms. The van der Waals surface area contributed by atoms with Crippen molar-refractivity contribution >= 4 is 35.9 Å². The molecule has 1 N–H and O–H groups in total. The van der Waals surface area contributed by atoms with Gasteiger partial charge < -0.3 is 24.4 Å². The van der Waals surface area contributed by atoms with Crippen molar-refractivity contribution in [1.29, 1.82) is 0 Å². The summed E-state index contributed by atoms with van der Waals surface area (Å²) in [7, 11) is 3.22. The molecule has 1 fully saturated rings. The average molecular weight is 461 g/mol. The quantitative estimate of drug-likeness (QED) is 0.322. The minimum atomic E-state index is -0.113. The van der Waals surface area contributed by atoms with Gasteiger partial charge in [-0.15, -0.1) is 24.0 Å². The van der Waals surface area contributed by atoms with E-state index in [0.717, 1.165) is 49.0 Å². The largest absolute Gasteiger partial charge is 0.469 e. The molecule has 8 heteroatoms. The molecule has 0 unspecified atom stereocenters. The Bertz CT molecular complexity index is 630. The molecule has 0 aliphatic carbocycles. The van der Waals surface area contributed by atoms with Gasteiger partial charge in [0.2, 0.25) is 6.79 Å². The number of ether oxygens (including phenoxy) is 3. The number of hydrogen-bond donors (Lipinski definition) is 1. The molecule has 2 heterocycles. The van der Waals surface area contributed by atoms with Crippen LogP contribution >= 0.6 is 24.0 Å². The molecule has 1 saturated heterocycles. The van der Waals surface area contributed by atoms with Crippen molar-refractivity contribution in [2.24, 2.45) is 10.9 Å². The standard InChI is InChI=1S/C17H23N3O4.HI/c1-18-17(20-7-5-13(6-8-20)16(21)22-2)19-10-12-3-4-14-15(9-12)24-11-23-14;/h3-4,9,13H,5-8,10-11H2,1-2H3,(H,18,19);1H. The number of carbonyl (C=O) groups is 1. The van der Waals surface area contributed by atoms with E-state index in [2.05, 4.69) is 15.2 Å². The SMILES string of the molecule is CN=C(NCc1ccc2c(c1)OCO2)N1CCC(C(=O)OC)CC1.I. The highest BCUT2D eigenvalue weighted by Crippen LogP contribution is 2.32. The Morgan fingerprint density at radius 3 is 2.72 bits per heavy atom. The van der Waals surface area contributed by atoms with Crippen LogP contribution in [-0.4, -0.2) is 50.9 Å². The summed E-state index contributed by atoms with van der Waals surface area (Å²) in [5, 5.41) is 3.37. The maximum absolute atomic E-state index is 11.6. The first-order valence-electron chi connectivity index (χ1n) is 8.13. The van der Waals surface area contributed by atoms with Crippen molar-refractivity contribution in [3.05, 3.63) is 23.8 Å². The summed E-state index contributed by atoms with van der Waals surface area (Å²) in [5.41, 5.74) is 1.10. The number of likely N-dealkylation sites (tertiary alicyclic amines) is 1. The van der Waals surface area contributed by atoms with Gasteiger partial charge in [0.15, 0.2) is 17.5 Å². The first-order chi connectivity index (χ1) is 11.7. The number of benzene rings is 1. The van der Waals surface area contributed by atoms with E-state index in [1.807, 2.05) is 18.2 Å². The summed E-state index contributed by atoms with van der Waals surface area (Å²) in [6.45, 7) is 2.52. The first-order valence-corrected chi connectivity index (χ1v) is 8.13. The second-order valence-electron chi connectivity index (χ2n) is 5.87. The summed E-state index contributed by atoms with van der Waals surface area (Å²) in [5.74, 6) is 2.29. The Morgan fingerprint density at radius 1 is 1.32 bits per heavy atom. The smallest absolute Gasteiger partial charge is 0.308 e. The summed E-state index contributed by atoms with van der Waals surface area (Å²) >= 11 is 0. The topological polar surface area (TPSA) is 72.4 Å². The number of methoxy groups -OCH3 is 1. The van der Waals surface area contributed by atoms with E-state index in [0.29, 0.717) is 6.54 Å². The zero-order chi connectivity index (χ0) is 16.9. The zero-order valence-corrected chi connectivity index (χ0v) is 16.8. The molecule has 0 spiro atoms. The van der Waals surface area contributed by atoms with Gasteiger partial charge in [-0.05, 0) is 30.5 Å². The molecule has 2 aliphatic heterocycles. The molecule has 138 valence electrons. The van der Waals surface area contributed by atoms with Crippen molar-refractivity contribution in [2.45, 2.75) is 19.4 Å². The van der Waals surface area contributed by atoms with E-state index in [-0.39, 0.29) is 42.7 Å². The first kappa shape index (κ1) is 19.6. The van der Waals surface area contributed by atoms with Crippen LogP contribution in [0.5, 0.6) is 11.5 Å². The van der Waals surface area contributed by atoms with E-state index in [9.17, 15) is 4.79 Å². The monoisotopic (exact) mass is 461 g/mol. The maximum atomic E-state index is 11.6. The number of nitrogens with zero attached hydrogens (tertiary/aromatic N) is 2.